The Hall–Kier alpha value is -1.07. The zero-order chi connectivity index (χ0) is 14.4. The number of carbonyl (C=O) groups is 1. The molecule has 1 saturated heterocycles. The molecule has 1 heterocycles. The number of rotatable bonds is 6. The summed E-state index contributed by atoms with van der Waals surface area (Å²) >= 11 is 1.75. The number of halogens is 1. The quantitative estimate of drug-likeness (QED) is 0.874. The van der Waals surface area contributed by atoms with Gasteiger partial charge in [0.2, 0.25) is 5.91 Å². The van der Waals surface area contributed by atoms with Gasteiger partial charge in [0.1, 0.15) is 5.82 Å². The van der Waals surface area contributed by atoms with Gasteiger partial charge in [0.05, 0.1) is 6.04 Å². The van der Waals surface area contributed by atoms with E-state index in [-0.39, 0.29) is 17.8 Å². The molecule has 0 bridgehead atoms. The van der Waals surface area contributed by atoms with Gasteiger partial charge in [0, 0.05) is 24.7 Å². The molecule has 20 heavy (non-hydrogen) atoms. The molecule has 1 unspecified atom stereocenters. The molecule has 1 aliphatic rings. The van der Waals surface area contributed by atoms with Gasteiger partial charge in [-0.2, -0.15) is 0 Å². The molecule has 1 aromatic rings. The molecule has 1 atom stereocenters. The summed E-state index contributed by atoms with van der Waals surface area (Å²) in [6.45, 7) is 3.48. The number of hydrogen-bond donors (Lipinski definition) is 1. The lowest BCUT2D eigenvalue weighted by Crippen LogP contribution is -2.46. The topological polar surface area (TPSA) is 32.3 Å². The van der Waals surface area contributed by atoms with Crippen LogP contribution in [0, 0.1) is 5.82 Å². The smallest absolute Gasteiger partial charge is 0.240 e. The fourth-order valence-electron chi connectivity index (χ4n) is 2.33. The van der Waals surface area contributed by atoms with Gasteiger partial charge in [-0.1, -0.05) is 19.1 Å². The van der Waals surface area contributed by atoms with Crippen LogP contribution in [0.2, 0.25) is 0 Å². The van der Waals surface area contributed by atoms with Crippen LogP contribution in [0.1, 0.15) is 18.9 Å². The molecular weight excluding hydrogens is 275 g/mol. The molecule has 1 N–H and O–H groups in total. The highest BCUT2D eigenvalue weighted by atomic mass is 32.2. The summed E-state index contributed by atoms with van der Waals surface area (Å²) in [5, 5.41) is 3.21. The maximum atomic E-state index is 13.2. The Kier molecular flexibility index (Phi) is 5.86. The van der Waals surface area contributed by atoms with E-state index in [1.54, 1.807) is 17.8 Å². The van der Waals surface area contributed by atoms with Crippen molar-refractivity contribution in [2.45, 2.75) is 25.8 Å². The Bertz CT molecular complexity index is 449. The third kappa shape index (κ3) is 4.21. The van der Waals surface area contributed by atoms with Gasteiger partial charge in [-0.05, 0) is 30.5 Å². The molecule has 1 aliphatic heterocycles. The van der Waals surface area contributed by atoms with Crippen LogP contribution in [0.4, 0.5) is 4.39 Å². The van der Waals surface area contributed by atoms with Crippen molar-refractivity contribution in [2.24, 2.45) is 0 Å². The minimum atomic E-state index is -0.218. The molecule has 0 spiro atoms. The van der Waals surface area contributed by atoms with E-state index in [4.69, 9.17) is 0 Å². The number of hydrogen-bond acceptors (Lipinski definition) is 3. The maximum absolute atomic E-state index is 13.2. The number of nitrogens with one attached hydrogen (secondary N) is 1. The van der Waals surface area contributed by atoms with Crippen molar-refractivity contribution in [3.05, 3.63) is 35.6 Å². The Labute approximate surface area is 123 Å². The van der Waals surface area contributed by atoms with E-state index in [1.807, 2.05) is 11.0 Å². The Morgan fingerprint density at radius 3 is 3.00 bits per heavy atom. The van der Waals surface area contributed by atoms with Gasteiger partial charge in [0.25, 0.3) is 0 Å². The molecule has 0 aliphatic carbocycles. The second-order valence-corrected chi connectivity index (χ2v) is 6.01. The first-order chi connectivity index (χ1) is 9.70. The SMILES string of the molecule is CCCN(CCc1cccc(F)c1)C(=O)C1CSCN1. The normalized spacial score (nSPS) is 18.2. The second-order valence-electron chi connectivity index (χ2n) is 4.98. The van der Waals surface area contributed by atoms with Crippen molar-refractivity contribution in [2.75, 3.05) is 24.7 Å². The maximum Gasteiger partial charge on any atom is 0.240 e. The molecule has 5 heteroatoms. The predicted octanol–water partition coefficient (Wildman–Crippen LogP) is 2.27. The summed E-state index contributed by atoms with van der Waals surface area (Å²) in [7, 11) is 0. The van der Waals surface area contributed by atoms with Crippen molar-refractivity contribution in [3.8, 4) is 0 Å². The minimum absolute atomic E-state index is 0.0564. The van der Waals surface area contributed by atoms with Gasteiger partial charge in [0.15, 0.2) is 0 Å². The Balaban J connectivity index is 1.93. The lowest BCUT2D eigenvalue weighted by molar-refractivity contribution is -0.132. The third-order valence-electron chi connectivity index (χ3n) is 3.38. The summed E-state index contributed by atoms with van der Waals surface area (Å²) in [6, 6.07) is 6.54. The van der Waals surface area contributed by atoms with E-state index >= 15 is 0 Å². The summed E-state index contributed by atoms with van der Waals surface area (Å²) < 4.78 is 13.2. The van der Waals surface area contributed by atoms with Crippen LogP contribution in [-0.2, 0) is 11.2 Å². The van der Waals surface area contributed by atoms with Gasteiger partial charge in [-0.25, -0.2) is 4.39 Å². The Morgan fingerprint density at radius 2 is 2.35 bits per heavy atom. The van der Waals surface area contributed by atoms with Gasteiger partial charge in [-0.3, -0.25) is 10.1 Å². The third-order valence-corrected chi connectivity index (χ3v) is 4.32. The summed E-state index contributed by atoms with van der Waals surface area (Å²) in [5.41, 5.74) is 0.938. The predicted molar refractivity (Wildman–Crippen MR) is 81.2 cm³/mol. The van der Waals surface area contributed by atoms with E-state index in [0.29, 0.717) is 13.0 Å². The molecular formula is C15H21FN2OS. The second kappa shape index (κ2) is 7.64. The van der Waals surface area contributed by atoms with E-state index in [1.165, 1.54) is 12.1 Å². The van der Waals surface area contributed by atoms with Crippen molar-refractivity contribution >= 4 is 17.7 Å². The highest BCUT2D eigenvalue weighted by Gasteiger charge is 2.26. The van der Waals surface area contributed by atoms with E-state index < -0.39 is 0 Å². The largest absolute Gasteiger partial charge is 0.341 e. The number of carbonyl (C=O) groups excluding carboxylic acids is 1. The van der Waals surface area contributed by atoms with Crippen LogP contribution in [0.5, 0.6) is 0 Å². The van der Waals surface area contributed by atoms with Gasteiger partial charge in [-0.15, -0.1) is 11.8 Å². The molecule has 2 rings (SSSR count). The lowest BCUT2D eigenvalue weighted by Gasteiger charge is -2.25. The zero-order valence-corrected chi connectivity index (χ0v) is 12.6. The van der Waals surface area contributed by atoms with Crippen LogP contribution in [0.25, 0.3) is 0 Å². The standard InChI is InChI=1S/C15H21FN2OS/c1-2-7-18(15(19)14-10-20-11-17-14)8-6-12-4-3-5-13(16)9-12/h3-5,9,14,17H,2,6-8,10-11H2,1H3. The fourth-order valence-corrected chi connectivity index (χ4v) is 3.27. The average Bonchev–Trinajstić information content (AvgIpc) is 2.97. The first-order valence-corrected chi connectivity index (χ1v) is 8.20. The lowest BCUT2D eigenvalue weighted by atomic mass is 10.1. The average molecular weight is 296 g/mol. The van der Waals surface area contributed by atoms with E-state index in [9.17, 15) is 9.18 Å². The number of thioether (sulfide) groups is 1. The van der Waals surface area contributed by atoms with E-state index in [0.717, 1.165) is 30.2 Å². The molecule has 1 fully saturated rings. The first kappa shape index (κ1) is 15.3. The van der Waals surface area contributed by atoms with Crippen molar-refractivity contribution in [1.82, 2.24) is 10.2 Å². The van der Waals surface area contributed by atoms with Crippen molar-refractivity contribution in [3.63, 3.8) is 0 Å². The molecule has 1 aromatic carbocycles. The van der Waals surface area contributed by atoms with Crippen LogP contribution < -0.4 is 5.32 Å². The summed E-state index contributed by atoms with van der Waals surface area (Å²) in [4.78, 5) is 14.3. The number of amides is 1. The van der Waals surface area contributed by atoms with Crippen LogP contribution >= 0.6 is 11.8 Å². The van der Waals surface area contributed by atoms with Crippen molar-refractivity contribution < 1.29 is 9.18 Å². The summed E-state index contributed by atoms with van der Waals surface area (Å²) in [6.07, 6.45) is 1.64. The number of benzene rings is 1. The van der Waals surface area contributed by atoms with Crippen LogP contribution in [0.15, 0.2) is 24.3 Å². The molecule has 3 nitrogen and oxygen atoms in total. The molecule has 110 valence electrons. The first-order valence-electron chi connectivity index (χ1n) is 7.05. The summed E-state index contributed by atoms with van der Waals surface area (Å²) in [5.74, 6) is 1.65. The monoisotopic (exact) mass is 296 g/mol. The van der Waals surface area contributed by atoms with E-state index in [2.05, 4.69) is 12.2 Å². The highest BCUT2D eigenvalue weighted by molar-refractivity contribution is 7.99. The minimum Gasteiger partial charge on any atom is -0.341 e. The fraction of sp³-hybridized carbons (Fsp3) is 0.533. The molecule has 0 aromatic heterocycles. The number of nitrogens with zero attached hydrogens (tertiary/aromatic N) is 1. The van der Waals surface area contributed by atoms with Gasteiger partial charge < -0.3 is 4.90 Å². The molecule has 0 saturated carbocycles. The van der Waals surface area contributed by atoms with Crippen molar-refractivity contribution in [1.29, 1.82) is 0 Å². The Morgan fingerprint density at radius 1 is 1.50 bits per heavy atom. The highest BCUT2D eigenvalue weighted by Crippen LogP contribution is 2.13. The van der Waals surface area contributed by atoms with Crippen LogP contribution in [-0.4, -0.2) is 41.6 Å². The molecule has 1 amide bonds. The zero-order valence-electron chi connectivity index (χ0n) is 11.8. The van der Waals surface area contributed by atoms with Crippen LogP contribution in [0.3, 0.4) is 0 Å². The van der Waals surface area contributed by atoms with Gasteiger partial charge >= 0.3 is 0 Å². The molecule has 0 radical (unpaired) electrons.